The zero-order chi connectivity index (χ0) is 23.4. The first-order valence-corrected chi connectivity index (χ1v) is 11.0. The predicted octanol–water partition coefficient (Wildman–Crippen LogP) is 3.99. The monoisotopic (exact) mass is 478 g/mol. The van der Waals surface area contributed by atoms with Crippen molar-refractivity contribution >= 4 is 38.8 Å². The van der Waals surface area contributed by atoms with E-state index < -0.39 is 45.0 Å². The molecule has 0 saturated heterocycles. The number of allylic oxidation sites excluding steroid dienone is 1. The first-order chi connectivity index (χ1) is 14.3. The Bertz CT molecular complexity index is 1120. The van der Waals surface area contributed by atoms with E-state index in [1.807, 2.05) is 0 Å². The van der Waals surface area contributed by atoms with Gasteiger partial charge in [0.2, 0.25) is 0 Å². The van der Waals surface area contributed by atoms with Gasteiger partial charge in [-0.2, -0.15) is 13.2 Å². The second-order valence-electron chi connectivity index (χ2n) is 6.18. The maximum Gasteiger partial charge on any atom is 0.434 e. The molecule has 0 saturated carbocycles. The number of hydrogen-bond donors (Lipinski definition) is 2. The fourth-order valence-corrected chi connectivity index (χ4v) is 3.34. The van der Waals surface area contributed by atoms with Crippen molar-refractivity contribution in [2.75, 3.05) is 19.4 Å². The van der Waals surface area contributed by atoms with Gasteiger partial charge in [-0.25, -0.2) is 8.42 Å². The number of esters is 1. The highest BCUT2D eigenvalue weighted by atomic mass is 35.5. The number of carbonyl (C=O) groups excluding carboxylic acids is 1. The van der Waals surface area contributed by atoms with Gasteiger partial charge in [-0.05, 0) is 31.2 Å². The summed E-state index contributed by atoms with van der Waals surface area (Å²) < 4.78 is 72.7. The molecule has 31 heavy (non-hydrogen) atoms. The lowest BCUT2D eigenvalue weighted by atomic mass is 10.2. The normalized spacial score (nSPS) is 12.8. The van der Waals surface area contributed by atoms with Crippen molar-refractivity contribution in [3.63, 3.8) is 0 Å². The highest BCUT2D eigenvalue weighted by Gasteiger charge is 2.38. The van der Waals surface area contributed by atoms with E-state index in [4.69, 9.17) is 26.2 Å². The standard InChI is InChI=1S/C19H18ClF3N2O5S/c1-3-29-15(26)10-25-17(16(20)18(24)19(21,22)23)14-8-7-13(30-14)11-5-4-6-12(9-11)31(2,27)28/h4-9,24-25H,3,10H2,1-2H3/b17-16+,24-18?. The molecule has 2 rings (SSSR count). The molecule has 0 unspecified atom stereocenters. The van der Waals surface area contributed by atoms with E-state index in [1.165, 1.54) is 30.3 Å². The van der Waals surface area contributed by atoms with Crippen molar-refractivity contribution < 1.29 is 35.5 Å². The molecule has 2 aromatic rings. The van der Waals surface area contributed by atoms with E-state index in [1.54, 1.807) is 13.0 Å². The summed E-state index contributed by atoms with van der Waals surface area (Å²) in [5.41, 5.74) is -1.93. The lowest BCUT2D eigenvalue weighted by Gasteiger charge is -2.13. The van der Waals surface area contributed by atoms with Gasteiger partial charge in [0.15, 0.2) is 21.3 Å². The van der Waals surface area contributed by atoms with Gasteiger partial charge in [0.1, 0.15) is 12.3 Å². The first kappa shape index (κ1) is 24.5. The summed E-state index contributed by atoms with van der Waals surface area (Å²) in [6.07, 6.45) is -4.00. The Morgan fingerprint density at radius 1 is 1.26 bits per heavy atom. The maximum atomic E-state index is 13.0. The number of alkyl halides is 3. The van der Waals surface area contributed by atoms with E-state index in [2.05, 4.69) is 5.32 Å². The molecular formula is C19H18ClF3N2O5S. The molecule has 1 aromatic carbocycles. The van der Waals surface area contributed by atoms with E-state index in [0.29, 0.717) is 5.56 Å². The van der Waals surface area contributed by atoms with Crippen molar-refractivity contribution in [1.82, 2.24) is 5.32 Å². The lowest BCUT2D eigenvalue weighted by Crippen LogP contribution is -2.28. The van der Waals surface area contributed by atoms with Gasteiger partial charge in [0, 0.05) is 11.8 Å². The Kier molecular flexibility index (Phi) is 7.55. The van der Waals surface area contributed by atoms with Crippen molar-refractivity contribution in [2.45, 2.75) is 18.0 Å². The predicted molar refractivity (Wildman–Crippen MR) is 108 cm³/mol. The van der Waals surface area contributed by atoms with E-state index in [0.717, 1.165) is 6.26 Å². The number of hydrogen-bond acceptors (Lipinski definition) is 7. The van der Waals surface area contributed by atoms with Crippen LogP contribution >= 0.6 is 11.6 Å². The molecule has 2 N–H and O–H groups in total. The molecule has 168 valence electrons. The van der Waals surface area contributed by atoms with Gasteiger partial charge in [-0.3, -0.25) is 10.2 Å². The SMILES string of the molecule is CCOC(=O)CN/C(=C(/Cl)C(=N)C(F)(F)F)c1ccc(-c2cccc(S(C)(=O)=O)c2)o1. The van der Waals surface area contributed by atoms with Gasteiger partial charge >= 0.3 is 12.1 Å². The average Bonchev–Trinajstić information content (AvgIpc) is 3.16. The highest BCUT2D eigenvalue weighted by Crippen LogP contribution is 2.32. The van der Waals surface area contributed by atoms with Gasteiger partial charge in [-0.15, -0.1) is 0 Å². The molecule has 0 bridgehead atoms. The second-order valence-corrected chi connectivity index (χ2v) is 8.58. The molecule has 12 heteroatoms. The number of benzene rings is 1. The van der Waals surface area contributed by atoms with Crippen LogP contribution in [-0.2, 0) is 19.4 Å². The van der Waals surface area contributed by atoms with Gasteiger partial charge in [0.25, 0.3) is 0 Å². The third-order valence-corrected chi connectivity index (χ3v) is 5.32. The topological polar surface area (TPSA) is 109 Å². The van der Waals surface area contributed by atoms with Crippen LogP contribution in [0.25, 0.3) is 17.0 Å². The lowest BCUT2D eigenvalue weighted by molar-refractivity contribution is -0.141. The van der Waals surface area contributed by atoms with E-state index >= 15 is 0 Å². The van der Waals surface area contributed by atoms with E-state index in [-0.39, 0.29) is 23.0 Å². The Hall–Kier alpha value is -2.79. The molecule has 1 aromatic heterocycles. The van der Waals surface area contributed by atoms with Gasteiger partial charge in [0.05, 0.1) is 22.2 Å². The molecule has 0 radical (unpaired) electrons. The van der Waals surface area contributed by atoms with Crippen LogP contribution in [0.3, 0.4) is 0 Å². The number of ether oxygens (including phenoxy) is 1. The quantitative estimate of drug-likeness (QED) is 0.438. The molecule has 0 atom stereocenters. The first-order valence-electron chi connectivity index (χ1n) is 8.70. The van der Waals surface area contributed by atoms with Crippen molar-refractivity contribution in [2.24, 2.45) is 0 Å². The van der Waals surface area contributed by atoms with Gasteiger partial charge < -0.3 is 14.5 Å². The van der Waals surface area contributed by atoms with Crippen LogP contribution in [0.4, 0.5) is 13.2 Å². The molecule has 0 spiro atoms. The van der Waals surface area contributed by atoms with Crippen LogP contribution in [0.1, 0.15) is 12.7 Å². The van der Waals surface area contributed by atoms with Crippen molar-refractivity contribution in [3.05, 3.63) is 47.2 Å². The van der Waals surface area contributed by atoms with E-state index in [9.17, 15) is 26.4 Å². The van der Waals surface area contributed by atoms with Crippen LogP contribution in [0.5, 0.6) is 0 Å². The minimum atomic E-state index is -5.03. The van der Waals surface area contributed by atoms with Crippen LogP contribution in [-0.4, -0.2) is 45.7 Å². The summed E-state index contributed by atoms with van der Waals surface area (Å²) in [4.78, 5) is 11.6. The fourth-order valence-electron chi connectivity index (χ4n) is 2.40. The van der Waals surface area contributed by atoms with Crippen LogP contribution < -0.4 is 5.32 Å². The number of halogens is 4. The second kappa shape index (κ2) is 9.56. The maximum absolute atomic E-state index is 13.0. The largest absolute Gasteiger partial charge is 0.465 e. The summed E-state index contributed by atoms with van der Waals surface area (Å²) in [5, 5.41) is 8.69. The zero-order valence-corrected chi connectivity index (χ0v) is 17.9. The van der Waals surface area contributed by atoms with Crippen LogP contribution in [0.2, 0.25) is 0 Å². The van der Waals surface area contributed by atoms with Crippen LogP contribution in [0.15, 0.2) is 50.7 Å². The number of rotatable bonds is 8. The smallest absolute Gasteiger partial charge is 0.434 e. The summed E-state index contributed by atoms with van der Waals surface area (Å²) >= 11 is 5.80. The van der Waals surface area contributed by atoms with Crippen LogP contribution in [0, 0.1) is 5.41 Å². The van der Waals surface area contributed by atoms with Crippen molar-refractivity contribution in [3.8, 4) is 11.3 Å². The number of nitrogens with one attached hydrogen (secondary N) is 2. The molecule has 0 aliphatic heterocycles. The third-order valence-electron chi connectivity index (χ3n) is 3.84. The molecule has 0 aliphatic rings. The highest BCUT2D eigenvalue weighted by molar-refractivity contribution is 7.90. The molecular weight excluding hydrogens is 461 g/mol. The average molecular weight is 479 g/mol. The Morgan fingerprint density at radius 3 is 2.52 bits per heavy atom. The third kappa shape index (κ3) is 6.34. The minimum absolute atomic E-state index is 0.0241. The zero-order valence-electron chi connectivity index (χ0n) is 16.3. The summed E-state index contributed by atoms with van der Waals surface area (Å²) in [7, 11) is -3.50. The van der Waals surface area contributed by atoms with Gasteiger partial charge in [-0.1, -0.05) is 23.7 Å². The minimum Gasteiger partial charge on any atom is -0.465 e. The molecule has 0 amide bonds. The fraction of sp³-hybridized carbons (Fsp3) is 0.263. The number of sulfone groups is 1. The van der Waals surface area contributed by atoms with Crippen molar-refractivity contribution in [1.29, 1.82) is 5.41 Å². The molecule has 1 heterocycles. The Morgan fingerprint density at radius 2 is 1.94 bits per heavy atom. The molecule has 0 aliphatic carbocycles. The Labute approximate surface area is 181 Å². The summed E-state index contributed by atoms with van der Waals surface area (Å²) in [6, 6.07) is 8.43. The molecule has 0 fully saturated rings. The Balaban J connectivity index is 2.48. The number of carbonyl (C=O) groups is 1. The molecule has 7 nitrogen and oxygen atoms in total. The number of furan rings is 1. The summed E-state index contributed by atoms with van der Waals surface area (Å²) in [5.74, 6) is -0.808. The summed E-state index contributed by atoms with van der Waals surface area (Å²) in [6.45, 7) is 1.10.